The van der Waals surface area contributed by atoms with Crippen LogP contribution in [0, 0.1) is 6.92 Å². The summed E-state index contributed by atoms with van der Waals surface area (Å²) in [5.41, 5.74) is 8.27. The van der Waals surface area contributed by atoms with E-state index in [9.17, 15) is 0 Å². The Morgan fingerprint density at radius 1 is 1.00 bits per heavy atom. The molecule has 0 aliphatic heterocycles. The van der Waals surface area contributed by atoms with Crippen molar-refractivity contribution in [3.63, 3.8) is 0 Å². The Hall–Kier alpha value is -2.02. The summed E-state index contributed by atoms with van der Waals surface area (Å²) in [7, 11) is 0. The van der Waals surface area contributed by atoms with Crippen molar-refractivity contribution in [1.29, 1.82) is 0 Å². The zero-order valence-corrected chi connectivity index (χ0v) is 9.75. The van der Waals surface area contributed by atoms with E-state index >= 15 is 0 Å². The van der Waals surface area contributed by atoms with Crippen LogP contribution in [0.25, 0.3) is 22.0 Å². The minimum atomic E-state index is 1.04. The van der Waals surface area contributed by atoms with Gasteiger partial charge in [0.05, 0.1) is 0 Å². The molecule has 0 unspecified atom stereocenters. The van der Waals surface area contributed by atoms with Gasteiger partial charge in [0.1, 0.15) is 0 Å². The maximum Gasteiger partial charge on any atom is 0.0465 e. The standard InChI is InChI=1S/C16H13N/c1-10-5-4-8-13-15(10)16-12-7-3-2-6-11(12)9-14(16)17-13/h2-8,17H,9H2,1H3. The Morgan fingerprint density at radius 2 is 1.88 bits per heavy atom. The number of fused-ring (bicyclic) bond motifs is 5. The number of hydrogen-bond acceptors (Lipinski definition) is 0. The zero-order valence-electron chi connectivity index (χ0n) is 9.75. The molecule has 0 fully saturated rings. The monoisotopic (exact) mass is 219 g/mol. The predicted octanol–water partition coefficient (Wildman–Crippen LogP) is 4.05. The molecule has 82 valence electrons. The first-order valence-corrected chi connectivity index (χ1v) is 6.03. The molecule has 0 amide bonds. The maximum atomic E-state index is 3.56. The number of rotatable bonds is 0. The summed E-state index contributed by atoms with van der Waals surface area (Å²) in [5.74, 6) is 0. The lowest BCUT2D eigenvalue weighted by Crippen LogP contribution is -1.82. The number of H-pyrrole nitrogens is 1. The molecule has 2 aromatic carbocycles. The molecule has 1 aliphatic rings. The molecule has 1 N–H and O–H groups in total. The number of nitrogens with one attached hydrogen (secondary N) is 1. The fourth-order valence-corrected chi connectivity index (χ4v) is 3.02. The first kappa shape index (κ1) is 9.06. The van der Waals surface area contributed by atoms with Gasteiger partial charge in [-0.3, -0.25) is 0 Å². The molecule has 0 spiro atoms. The quantitative estimate of drug-likeness (QED) is 0.459. The second-order valence-electron chi connectivity index (χ2n) is 4.81. The Morgan fingerprint density at radius 3 is 2.82 bits per heavy atom. The van der Waals surface area contributed by atoms with E-state index in [1.807, 2.05) is 0 Å². The number of aromatic nitrogens is 1. The number of hydrogen-bond donors (Lipinski definition) is 1. The molecule has 1 heterocycles. The van der Waals surface area contributed by atoms with Crippen LogP contribution < -0.4 is 0 Å². The summed E-state index contributed by atoms with van der Waals surface area (Å²) in [6.07, 6.45) is 1.04. The zero-order chi connectivity index (χ0) is 11.4. The molecule has 17 heavy (non-hydrogen) atoms. The SMILES string of the molecule is Cc1cccc2[nH]c3c(c12)-c1ccccc1C3. The fraction of sp³-hybridized carbons (Fsp3) is 0.125. The molecule has 0 bridgehead atoms. The third-order valence-corrected chi connectivity index (χ3v) is 3.76. The molecule has 1 heteroatoms. The van der Waals surface area contributed by atoms with Gasteiger partial charge in [-0.25, -0.2) is 0 Å². The Balaban J connectivity index is 2.18. The van der Waals surface area contributed by atoms with Crippen LogP contribution in [-0.4, -0.2) is 4.98 Å². The maximum absolute atomic E-state index is 3.56. The molecular formula is C16H13N. The van der Waals surface area contributed by atoms with Crippen LogP contribution in [0.15, 0.2) is 42.5 Å². The van der Waals surface area contributed by atoms with Crippen molar-refractivity contribution in [3.05, 3.63) is 59.3 Å². The van der Waals surface area contributed by atoms with Gasteiger partial charge in [-0.15, -0.1) is 0 Å². The Kier molecular flexibility index (Phi) is 1.60. The minimum Gasteiger partial charge on any atom is -0.358 e. The first-order valence-electron chi connectivity index (χ1n) is 6.03. The molecule has 0 saturated carbocycles. The van der Waals surface area contributed by atoms with Gasteiger partial charge in [-0.05, 0) is 29.7 Å². The van der Waals surface area contributed by atoms with Crippen molar-refractivity contribution < 1.29 is 0 Å². The summed E-state index contributed by atoms with van der Waals surface area (Å²) in [4.78, 5) is 3.56. The third-order valence-electron chi connectivity index (χ3n) is 3.76. The van der Waals surface area contributed by atoms with Gasteiger partial charge in [-0.2, -0.15) is 0 Å². The summed E-state index contributed by atoms with van der Waals surface area (Å²) >= 11 is 0. The second kappa shape index (κ2) is 3.01. The number of aromatic amines is 1. The van der Waals surface area contributed by atoms with E-state index in [0.29, 0.717) is 0 Å². The molecule has 3 aromatic rings. The van der Waals surface area contributed by atoms with Crippen molar-refractivity contribution in [2.24, 2.45) is 0 Å². The van der Waals surface area contributed by atoms with Gasteiger partial charge in [0, 0.05) is 28.6 Å². The summed E-state index contributed by atoms with van der Waals surface area (Å²) in [6, 6.07) is 15.2. The molecule has 1 nitrogen and oxygen atoms in total. The average molecular weight is 219 g/mol. The van der Waals surface area contributed by atoms with Crippen LogP contribution >= 0.6 is 0 Å². The van der Waals surface area contributed by atoms with Gasteiger partial charge in [-0.1, -0.05) is 36.4 Å². The molecule has 0 radical (unpaired) electrons. The van der Waals surface area contributed by atoms with Crippen molar-refractivity contribution in [2.75, 3.05) is 0 Å². The van der Waals surface area contributed by atoms with Crippen LogP contribution in [0.1, 0.15) is 16.8 Å². The minimum absolute atomic E-state index is 1.04. The molecule has 1 aliphatic carbocycles. The van der Waals surface area contributed by atoms with Crippen molar-refractivity contribution in [3.8, 4) is 11.1 Å². The smallest absolute Gasteiger partial charge is 0.0465 e. The molecular weight excluding hydrogens is 206 g/mol. The molecule has 0 atom stereocenters. The van der Waals surface area contributed by atoms with Gasteiger partial charge in [0.2, 0.25) is 0 Å². The second-order valence-corrected chi connectivity index (χ2v) is 4.81. The molecule has 4 rings (SSSR count). The highest BCUT2D eigenvalue weighted by molar-refractivity contribution is 6.02. The lowest BCUT2D eigenvalue weighted by Gasteiger charge is -2.02. The van der Waals surface area contributed by atoms with Gasteiger partial charge < -0.3 is 4.98 Å². The highest BCUT2D eigenvalue weighted by atomic mass is 14.7. The Bertz CT molecular complexity index is 734. The lowest BCUT2D eigenvalue weighted by molar-refractivity contribution is 1.17. The summed E-state index contributed by atoms with van der Waals surface area (Å²) in [6.45, 7) is 2.19. The van der Waals surface area contributed by atoms with E-state index in [4.69, 9.17) is 0 Å². The van der Waals surface area contributed by atoms with E-state index in [-0.39, 0.29) is 0 Å². The van der Waals surface area contributed by atoms with E-state index in [1.165, 1.54) is 38.9 Å². The van der Waals surface area contributed by atoms with Crippen LogP contribution in [0.5, 0.6) is 0 Å². The predicted molar refractivity (Wildman–Crippen MR) is 71.3 cm³/mol. The topological polar surface area (TPSA) is 15.8 Å². The fourth-order valence-electron chi connectivity index (χ4n) is 3.02. The van der Waals surface area contributed by atoms with Crippen LogP contribution in [-0.2, 0) is 6.42 Å². The van der Waals surface area contributed by atoms with Gasteiger partial charge in [0.25, 0.3) is 0 Å². The van der Waals surface area contributed by atoms with Crippen LogP contribution in [0.2, 0.25) is 0 Å². The summed E-state index contributed by atoms with van der Waals surface area (Å²) in [5, 5.41) is 1.40. The lowest BCUT2D eigenvalue weighted by atomic mass is 10.0. The van der Waals surface area contributed by atoms with Crippen molar-refractivity contribution in [1.82, 2.24) is 4.98 Å². The highest BCUT2D eigenvalue weighted by Crippen LogP contribution is 2.42. The van der Waals surface area contributed by atoms with Crippen LogP contribution in [0.4, 0.5) is 0 Å². The van der Waals surface area contributed by atoms with E-state index in [2.05, 4.69) is 54.4 Å². The first-order chi connectivity index (χ1) is 8.34. The molecule has 1 aromatic heterocycles. The molecule has 0 saturated heterocycles. The van der Waals surface area contributed by atoms with E-state index in [0.717, 1.165) is 6.42 Å². The number of benzene rings is 2. The van der Waals surface area contributed by atoms with E-state index < -0.39 is 0 Å². The van der Waals surface area contributed by atoms with Crippen molar-refractivity contribution >= 4 is 10.9 Å². The largest absolute Gasteiger partial charge is 0.358 e. The van der Waals surface area contributed by atoms with Gasteiger partial charge >= 0.3 is 0 Å². The summed E-state index contributed by atoms with van der Waals surface area (Å²) < 4.78 is 0. The third kappa shape index (κ3) is 1.09. The van der Waals surface area contributed by atoms with E-state index in [1.54, 1.807) is 0 Å². The normalized spacial score (nSPS) is 12.8. The van der Waals surface area contributed by atoms with Gasteiger partial charge in [0.15, 0.2) is 0 Å². The average Bonchev–Trinajstić information content (AvgIpc) is 2.84. The van der Waals surface area contributed by atoms with Crippen molar-refractivity contribution in [2.45, 2.75) is 13.3 Å². The highest BCUT2D eigenvalue weighted by Gasteiger charge is 2.23. The van der Waals surface area contributed by atoms with Crippen LogP contribution in [0.3, 0.4) is 0 Å². The Labute approximate surface area is 100 Å². The number of aryl methyl sites for hydroxylation is 1.